The van der Waals surface area contributed by atoms with Crippen molar-refractivity contribution in [2.45, 2.75) is 39.0 Å². The highest BCUT2D eigenvalue weighted by atomic mass is 32.1. The molecule has 2 rings (SSSR count). The highest BCUT2D eigenvalue weighted by Gasteiger charge is 2.24. The standard InChI is InChI=1S/C12H22N4S/c1-12(2,3)10-14-11(17-15-10)16-6-4-5-9(7-13)8-16/h9H,4-8,13H2,1-3H3. The van der Waals surface area contributed by atoms with E-state index in [1.165, 1.54) is 24.4 Å². The van der Waals surface area contributed by atoms with Gasteiger partial charge in [0.2, 0.25) is 5.13 Å². The molecule has 0 bridgehead atoms. The number of piperidine rings is 1. The van der Waals surface area contributed by atoms with Crippen molar-refractivity contribution in [2.24, 2.45) is 11.7 Å². The number of hydrogen-bond acceptors (Lipinski definition) is 5. The summed E-state index contributed by atoms with van der Waals surface area (Å²) in [6, 6.07) is 0. The van der Waals surface area contributed by atoms with Crippen molar-refractivity contribution in [3.05, 3.63) is 5.82 Å². The van der Waals surface area contributed by atoms with Gasteiger partial charge in [-0.2, -0.15) is 4.37 Å². The van der Waals surface area contributed by atoms with E-state index in [0.29, 0.717) is 5.92 Å². The summed E-state index contributed by atoms with van der Waals surface area (Å²) >= 11 is 1.52. The van der Waals surface area contributed by atoms with E-state index in [1.54, 1.807) is 0 Å². The first-order valence-electron chi connectivity index (χ1n) is 6.30. The maximum atomic E-state index is 5.76. The Morgan fingerprint density at radius 1 is 1.47 bits per heavy atom. The summed E-state index contributed by atoms with van der Waals surface area (Å²) in [7, 11) is 0. The summed E-state index contributed by atoms with van der Waals surface area (Å²) in [5.74, 6) is 1.57. The minimum atomic E-state index is 0.0395. The van der Waals surface area contributed by atoms with Crippen LogP contribution in [0.2, 0.25) is 0 Å². The van der Waals surface area contributed by atoms with Gasteiger partial charge in [-0.3, -0.25) is 0 Å². The fourth-order valence-corrected chi connectivity index (χ4v) is 2.97. The van der Waals surface area contributed by atoms with Gasteiger partial charge in [0.25, 0.3) is 0 Å². The minimum absolute atomic E-state index is 0.0395. The Kier molecular flexibility index (Phi) is 3.68. The molecule has 0 spiro atoms. The zero-order chi connectivity index (χ0) is 12.5. The Hall–Kier alpha value is -0.680. The van der Waals surface area contributed by atoms with Gasteiger partial charge in [-0.05, 0) is 25.3 Å². The third-order valence-electron chi connectivity index (χ3n) is 3.21. The number of nitrogens with two attached hydrogens (primary N) is 1. The summed E-state index contributed by atoms with van der Waals surface area (Å²) in [4.78, 5) is 7.01. The van der Waals surface area contributed by atoms with E-state index in [1.807, 2.05) is 0 Å². The van der Waals surface area contributed by atoms with Crippen LogP contribution in [0.3, 0.4) is 0 Å². The molecule has 1 aromatic heterocycles. The molecule has 1 saturated heterocycles. The number of hydrogen-bond donors (Lipinski definition) is 1. The molecule has 0 amide bonds. The molecule has 2 heterocycles. The number of anilines is 1. The number of nitrogens with zero attached hydrogens (tertiary/aromatic N) is 3. The predicted octanol–water partition coefficient (Wildman–Crippen LogP) is 2.01. The van der Waals surface area contributed by atoms with E-state index in [-0.39, 0.29) is 5.41 Å². The quantitative estimate of drug-likeness (QED) is 0.877. The molecular formula is C12H22N4S. The summed E-state index contributed by atoms with van der Waals surface area (Å²) in [6.07, 6.45) is 2.46. The molecule has 17 heavy (non-hydrogen) atoms. The van der Waals surface area contributed by atoms with Crippen molar-refractivity contribution < 1.29 is 0 Å². The van der Waals surface area contributed by atoms with Gasteiger partial charge in [-0.1, -0.05) is 20.8 Å². The summed E-state index contributed by atoms with van der Waals surface area (Å²) < 4.78 is 4.47. The Labute approximate surface area is 107 Å². The smallest absolute Gasteiger partial charge is 0.205 e. The van der Waals surface area contributed by atoms with Gasteiger partial charge in [0.1, 0.15) is 5.82 Å². The van der Waals surface area contributed by atoms with Crippen LogP contribution in [0.5, 0.6) is 0 Å². The monoisotopic (exact) mass is 254 g/mol. The molecule has 5 heteroatoms. The summed E-state index contributed by atoms with van der Waals surface area (Å²) in [5, 5.41) is 1.06. The molecule has 1 aromatic rings. The molecule has 96 valence electrons. The molecule has 0 aromatic carbocycles. The minimum Gasteiger partial charge on any atom is -0.347 e. The molecule has 0 radical (unpaired) electrons. The van der Waals surface area contributed by atoms with E-state index >= 15 is 0 Å². The van der Waals surface area contributed by atoms with Crippen molar-refractivity contribution in [1.82, 2.24) is 9.36 Å². The molecule has 1 aliphatic rings. The van der Waals surface area contributed by atoms with Gasteiger partial charge in [0, 0.05) is 30.0 Å². The average molecular weight is 254 g/mol. The van der Waals surface area contributed by atoms with Crippen molar-refractivity contribution in [3.63, 3.8) is 0 Å². The fourth-order valence-electron chi connectivity index (χ4n) is 2.08. The lowest BCUT2D eigenvalue weighted by Gasteiger charge is -2.31. The van der Waals surface area contributed by atoms with Crippen molar-refractivity contribution in [3.8, 4) is 0 Å². The Bertz CT molecular complexity index is 369. The topological polar surface area (TPSA) is 55.0 Å². The van der Waals surface area contributed by atoms with E-state index < -0.39 is 0 Å². The summed E-state index contributed by atoms with van der Waals surface area (Å²) in [6.45, 7) is 9.36. The molecule has 1 unspecified atom stereocenters. The average Bonchev–Trinajstić information content (AvgIpc) is 2.78. The van der Waals surface area contributed by atoms with Gasteiger partial charge >= 0.3 is 0 Å². The lowest BCUT2D eigenvalue weighted by Crippen LogP contribution is -2.38. The Balaban J connectivity index is 2.09. The molecule has 1 atom stereocenters. The first-order chi connectivity index (χ1) is 8.00. The predicted molar refractivity (Wildman–Crippen MR) is 72.6 cm³/mol. The van der Waals surface area contributed by atoms with E-state index in [0.717, 1.165) is 30.6 Å². The van der Waals surface area contributed by atoms with Crippen molar-refractivity contribution in [2.75, 3.05) is 24.5 Å². The van der Waals surface area contributed by atoms with Crippen LogP contribution in [0, 0.1) is 5.92 Å². The Morgan fingerprint density at radius 2 is 2.24 bits per heavy atom. The lowest BCUT2D eigenvalue weighted by atomic mass is 9.96. The zero-order valence-electron chi connectivity index (χ0n) is 10.9. The molecule has 1 fully saturated rings. The fraction of sp³-hybridized carbons (Fsp3) is 0.833. The normalized spacial score (nSPS) is 21.9. The van der Waals surface area contributed by atoms with Crippen LogP contribution in [-0.2, 0) is 5.41 Å². The second kappa shape index (κ2) is 4.90. The maximum Gasteiger partial charge on any atom is 0.205 e. The van der Waals surface area contributed by atoms with Crippen LogP contribution in [-0.4, -0.2) is 29.0 Å². The zero-order valence-corrected chi connectivity index (χ0v) is 11.8. The van der Waals surface area contributed by atoms with E-state index in [4.69, 9.17) is 5.73 Å². The van der Waals surface area contributed by atoms with Gasteiger partial charge in [0.05, 0.1) is 0 Å². The molecular weight excluding hydrogens is 232 g/mol. The second-order valence-corrected chi connectivity index (χ2v) is 6.57. The van der Waals surface area contributed by atoms with Crippen LogP contribution in [0.15, 0.2) is 0 Å². The van der Waals surface area contributed by atoms with Gasteiger partial charge in [0.15, 0.2) is 0 Å². The highest BCUT2D eigenvalue weighted by molar-refractivity contribution is 7.09. The number of rotatable bonds is 2. The molecule has 0 aliphatic carbocycles. The van der Waals surface area contributed by atoms with Crippen LogP contribution < -0.4 is 10.6 Å². The van der Waals surface area contributed by atoms with Crippen molar-refractivity contribution in [1.29, 1.82) is 0 Å². The van der Waals surface area contributed by atoms with E-state index in [9.17, 15) is 0 Å². The maximum absolute atomic E-state index is 5.76. The second-order valence-electron chi connectivity index (χ2n) is 5.84. The summed E-state index contributed by atoms with van der Waals surface area (Å²) in [5.41, 5.74) is 5.80. The Morgan fingerprint density at radius 3 is 2.82 bits per heavy atom. The molecule has 2 N–H and O–H groups in total. The molecule has 1 aliphatic heterocycles. The lowest BCUT2D eigenvalue weighted by molar-refractivity contribution is 0.422. The molecule has 0 saturated carbocycles. The van der Waals surface area contributed by atoms with Crippen LogP contribution in [0.4, 0.5) is 5.13 Å². The van der Waals surface area contributed by atoms with Crippen LogP contribution >= 0.6 is 11.5 Å². The first-order valence-corrected chi connectivity index (χ1v) is 7.07. The van der Waals surface area contributed by atoms with Gasteiger partial charge in [-0.15, -0.1) is 0 Å². The van der Waals surface area contributed by atoms with E-state index in [2.05, 4.69) is 35.0 Å². The van der Waals surface area contributed by atoms with Crippen LogP contribution in [0.25, 0.3) is 0 Å². The van der Waals surface area contributed by atoms with Gasteiger partial charge in [-0.25, -0.2) is 4.98 Å². The number of aromatic nitrogens is 2. The van der Waals surface area contributed by atoms with Crippen molar-refractivity contribution >= 4 is 16.7 Å². The SMILES string of the molecule is CC(C)(C)c1nsc(N2CCCC(CN)C2)n1. The largest absolute Gasteiger partial charge is 0.347 e. The first kappa shape index (κ1) is 12.8. The third-order valence-corrected chi connectivity index (χ3v) is 3.99. The van der Waals surface area contributed by atoms with Gasteiger partial charge < -0.3 is 10.6 Å². The molecule has 4 nitrogen and oxygen atoms in total. The van der Waals surface area contributed by atoms with Crippen LogP contribution in [0.1, 0.15) is 39.4 Å². The highest BCUT2D eigenvalue weighted by Crippen LogP contribution is 2.28. The third kappa shape index (κ3) is 2.96.